The molecule has 2 aromatic carbocycles. The summed E-state index contributed by atoms with van der Waals surface area (Å²) in [5.41, 5.74) is 2.33. The number of hydrogen-bond donors (Lipinski definition) is 1. The van der Waals surface area contributed by atoms with E-state index in [1.54, 1.807) is 12.1 Å². The quantitative estimate of drug-likeness (QED) is 0.691. The Bertz CT molecular complexity index is 845. The van der Waals surface area contributed by atoms with Crippen LogP contribution in [0.25, 0.3) is 0 Å². The number of hydrogen-bond acceptors (Lipinski definition) is 4. The first kappa shape index (κ1) is 16.0. The predicted molar refractivity (Wildman–Crippen MR) is 84.6 cm³/mol. The van der Waals surface area contributed by atoms with Crippen LogP contribution in [0.15, 0.2) is 41.3 Å². The van der Waals surface area contributed by atoms with Crippen LogP contribution in [0.5, 0.6) is 0 Å². The van der Waals surface area contributed by atoms with Gasteiger partial charge in [-0.05, 0) is 50.1 Å². The number of nitro benzene ring substituents is 1. The SMILES string of the molecule is Cc1ccc(NS(=O)(=O)c2cccc([N+](=O)[O-])c2C)cc1C. The number of nitrogens with zero attached hydrogens (tertiary/aromatic N) is 1. The Morgan fingerprint density at radius 2 is 1.73 bits per heavy atom. The highest BCUT2D eigenvalue weighted by atomic mass is 32.2. The van der Waals surface area contributed by atoms with Gasteiger partial charge in [0.25, 0.3) is 15.7 Å². The molecule has 0 unspecified atom stereocenters. The summed E-state index contributed by atoms with van der Waals surface area (Å²) in [5, 5.41) is 10.9. The van der Waals surface area contributed by atoms with E-state index >= 15 is 0 Å². The second-order valence-corrected chi connectivity index (χ2v) is 6.71. The maximum Gasteiger partial charge on any atom is 0.273 e. The number of nitro groups is 1. The monoisotopic (exact) mass is 320 g/mol. The van der Waals surface area contributed by atoms with Gasteiger partial charge >= 0.3 is 0 Å². The molecular formula is C15H16N2O4S. The lowest BCUT2D eigenvalue weighted by Crippen LogP contribution is -2.15. The average Bonchev–Trinajstić information content (AvgIpc) is 2.42. The van der Waals surface area contributed by atoms with E-state index in [0.717, 1.165) is 11.1 Å². The van der Waals surface area contributed by atoms with E-state index in [0.29, 0.717) is 5.69 Å². The third kappa shape index (κ3) is 3.09. The maximum absolute atomic E-state index is 12.5. The van der Waals surface area contributed by atoms with E-state index in [4.69, 9.17) is 0 Å². The first-order chi connectivity index (χ1) is 10.2. The molecule has 0 amide bonds. The maximum atomic E-state index is 12.5. The highest BCUT2D eigenvalue weighted by Crippen LogP contribution is 2.26. The van der Waals surface area contributed by atoms with Gasteiger partial charge in [0.05, 0.1) is 9.82 Å². The number of nitrogens with one attached hydrogen (secondary N) is 1. The van der Waals surface area contributed by atoms with E-state index < -0.39 is 14.9 Å². The van der Waals surface area contributed by atoms with Crippen molar-refractivity contribution in [1.82, 2.24) is 0 Å². The summed E-state index contributed by atoms with van der Waals surface area (Å²) < 4.78 is 27.4. The lowest BCUT2D eigenvalue weighted by atomic mass is 10.1. The zero-order chi connectivity index (χ0) is 16.5. The first-order valence-corrected chi connectivity index (χ1v) is 8.05. The van der Waals surface area contributed by atoms with E-state index in [1.807, 2.05) is 19.9 Å². The van der Waals surface area contributed by atoms with Gasteiger partial charge in [-0.15, -0.1) is 0 Å². The van der Waals surface area contributed by atoms with Crippen LogP contribution in [0, 0.1) is 30.9 Å². The molecule has 0 aliphatic carbocycles. The molecule has 0 radical (unpaired) electrons. The van der Waals surface area contributed by atoms with Crippen molar-refractivity contribution in [3.63, 3.8) is 0 Å². The number of benzene rings is 2. The van der Waals surface area contributed by atoms with Gasteiger partial charge in [-0.2, -0.15) is 0 Å². The van der Waals surface area contributed by atoms with Crippen molar-refractivity contribution in [1.29, 1.82) is 0 Å². The summed E-state index contributed by atoms with van der Waals surface area (Å²) in [7, 11) is -3.88. The highest BCUT2D eigenvalue weighted by Gasteiger charge is 2.22. The molecule has 0 atom stereocenters. The standard InChI is InChI=1S/C15H16N2O4S/c1-10-7-8-13(9-11(10)2)16-22(20,21)15-6-4-5-14(12(15)3)17(18)19/h4-9,16H,1-3H3. The fourth-order valence-electron chi connectivity index (χ4n) is 2.11. The van der Waals surface area contributed by atoms with Crippen LogP contribution in [0.4, 0.5) is 11.4 Å². The van der Waals surface area contributed by atoms with E-state index in [1.165, 1.54) is 25.1 Å². The molecule has 0 aromatic heterocycles. The fourth-order valence-corrected chi connectivity index (χ4v) is 3.42. The number of aryl methyl sites for hydroxylation is 2. The number of rotatable bonds is 4. The fraction of sp³-hybridized carbons (Fsp3) is 0.200. The van der Waals surface area contributed by atoms with Crippen molar-refractivity contribution in [2.75, 3.05) is 4.72 Å². The lowest BCUT2D eigenvalue weighted by Gasteiger charge is -2.11. The molecule has 116 valence electrons. The third-order valence-electron chi connectivity index (χ3n) is 3.50. The zero-order valence-corrected chi connectivity index (χ0v) is 13.3. The van der Waals surface area contributed by atoms with Crippen molar-refractivity contribution in [3.8, 4) is 0 Å². The van der Waals surface area contributed by atoms with Crippen molar-refractivity contribution < 1.29 is 13.3 Å². The summed E-state index contributed by atoms with van der Waals surface area (Å²) in [6.07, 6.45) is 0. The molecule has 0 aliphatic rings. The Hall–Kier alpha value is -2.41. The lowest BCUT2D eigenvalue weighted by molar-refractivity contribution is -0.385. The van der Waals surface area contributed by atoms with Crippen molar-refractivity contribution in [2.45, 2.75) is 25.7 Å². The summed E-state index contributed by atoms with van der Waals surface area (Å²) in [4.78, 5) is 10.2. The minimum absolute atomic E-state index is 0.0973. The van der Waals surface area contributed by atoms with Crippen LogP contribution in [0.3, 0.4) is 0 Å². The summed E-state index contributed by atoms with van der Waals surface area (Å²) >= 11 is 0. The third-order valence-corrected chi connectivity index (χ3v) is 5.03. The Labute approximate surface area is 129 Å². The molecule has 0 bridgehead atoms. The molecule has 0 spiro atoms. The molecule has 0 aliphatic heterocycles. The van der Waals surface area contributed by atoms with E-state index in [2.05, 4.69) is 4.72 Å². The number of anilines is 1. The van der Waals surface area contributed by atoms with Crippen molar-refractivity contribution >= 4 is 21.4 Å². The Kier molecular flexibility index (Phi) is 4.18. The van der Waals surface area contributed by atoms with Gasteiger partial charge in [0.1, 0.15) is 0 Å². The summed E-state index contributed by atoms with van der Waals surface area (Å²) in [5.74, 6) is 0. The molecule has 2 rings (SSSR count). The van der Waals surface area contributed by atoms with Gasteiger partial charge in [0.15, 0.2) is 0 Å². The molecule has 0 saturated heterocycles. The predicted octanol–water partition coefficient (Wildman–Crippen LogP) is 3.32. The molecule has 6 nitrogen and oxygen atoms in total. The minimum atomic E-state index is -3.88. The minimum Gasteiger partial charge on any atom is -0.280 e. The van der Waals surface area contributed by atoms with E-state index in [9.17, 15) is 18.5 Å². The van der Waals surface area contributed by atoms with Gasteiger partial charge in [0.2, 0.25) is 0 Å². The van der Waals surface area contributed by atoms with E-state index in [-0.39, 0.29) is 16.1 Å². The van der Waals surface area contributed by atoms with Crippen LogP contribution >= 0.6 is 0 Å². The zero-order valence-electron chi connectivity index (χ0n) is 12.5. The van der Waals surface area contributed by atoms with Gasteiger partial charge < -0.3 is 0 Å². The smallest absolute Gasteiger partial charge is 0.273 e. The number of sulfonamides is 1. The topological polar surface area (TPSA) is 89.3 Å². The van der Waals surface area contributed by atoms with Crippen LogP contribution in [0.2, 0.25) is 0 Å². The van der Waals surface area contributed by atoms with Crippen LogP contribution in [0.1, 0.15) is 16.7 Å². The van der Waals surface area contributed by atoms with Crippen molar-refractivity contribution in [2.24, 2.45) is 0 Å². The van der Waals surface area contributed by atoms with Crippen LogP contribution in [-0.2, 0) is 10.0 Å². The Balaban J connectivity index is 2.45. The molecule has 0 heterocycles. The van der Waals surface area contributed by atoms with Crippen LogP contribution < -0.4 is 4.72 Å². The molecule has 7 heteroatoms. The van der Waals surface area contributed by atoms with Gasteiger partial charge in [-0.1, -0.05) is 12.1 Å². The molecule has 0 saturated carbocycles. The molecule has 0 fully saturated rings. The highest BCUT2D eigenvalue weighted by molar-refractivity contribution is 7.92. The van der Waals surface area contributed by atoms with Crippen molar-refractivity contribution in [3.05, 3.63) is 63.2 Å². The Morgan fingerprint density at radius 3 is 2.32 bits per heavy atom. The average molecular weight is 320 g/mol. The molecule has 22 heavy (non-hydrogen) atoms. The van der Waals surface area contributed by atoms with Gasteiger partial charge in [-0.3, -0.25) is 14.8 Å². The molecule has 1 N–H and O–H groups in total. The second kappa shape index (κ2) is 5.76. The normalized spacial score (nSPS) is 11.2. The second-order valence-electron chi connectivity index (χ2n) is 5.06. The van der Waals surface area contributed by atoms with Gasteiger partial charge in [-0.25, -0.2) is 8.42 Å². The summed E-state index contributed by atoms with van der Waals surface area (Å²) in [6, 6.07) is 9.19. The Morgan fingerprint density at radius 1 is 1.05 bits per heavy atom. The van der Waals surface area contributed by atoms with Gasteiger partial charge in [0, 0.05) is 17.3 Å². The summed E-state index contributed by atoms with van der Waals surface area (Å²) in [6.45, 7) is 5.23. The molecule has 2 aromatic rings. The largest absolute Gasteiger partial charge is 0.280 e. The molecular weight excluding hydrogens is 304 g/mol. The van der Waals surface area contributed by atoms with Crippen LogP contribution in [-0.4, -0.2) is 13.3 Å². The first-order valence-electron chi connectivity index (χ1n) is 6.56.